The maximum atomic E-state index is 12.6. The summed E-state index contributed by atoms with van der Waals surface area (Å²) in [5, 5.41) is 5.91. The van der Waals surface area contributed by atoms with Crippen LogP contribution >= 0.6 is 0 Å². The molecule has 0 fully saturated rings. The second-order valence-corrected chi connectivity index (χ2v) is 5.30. The minimum absolute atomic E-state index is 0.225. The van der Waals surface area contributed by atoms with Crippen LogP contribution in [0.4, 0.5) is 17.2 Å². The fourth-order valence-electron chi connectivity index (χ4n) is 2.32. The zero-order valence-electron chi connectivity index (χ0n) is 14.4. The number of aromatic nitrogens is 2. The van der Waals surface area contributed by atoms with Crippen LogP contribution in [0.1, 0.15) is 10.5 Å². The Labute approximate surface area is 151 Å². The molecule has 7 nitrogen and oxygen atoms in total. The van der Waals surface area contributed by atoms with Crippen LogP contribution in [0.2, 0.25) is 0 Å². The quantitative estimate of drug-likeness (QED) is 0.708. The van der Waals surface area contributed by atoms with Crippen LogP contribution < -0.4 is 20.1 Å². The van der Waals surface area contributed by atoms with Gasteiger partial charge < -0.3 is 20.1 Å². The standard InChI is InChI=1S/C19H18N4O3/c1-25-14-8-9-17(26-2)15(10-14)23-19(24)16-11-18(21-12-20-16)22-13-6-4-3-5-7-13/h3-12H,1-2H3,(H,23,24)(H,20,21,22). The minimum atomic E-state index is -0.380. The molecule has 0 aliphatic carbocycles. The van der Waals surface area contributed by atoms with Crippen LogP contribution in [0.3, 0.4) is 0 Å². The van der Waals surface area contributed by atoms with Gasteiger partial charge in [0.25, 0.3) is 5.91 Å². The zero-order valence-corrected chi connectivity index (χ0v) is 14.4. The van der Waals surface area contributed by atoms with E-state index in [9.17, 15) is 4.79 Å². The van der Waals surface area contributed by atoms with Crippen molar-refractivity contribution < 1.29 is 14.3 Å². The summed E-state index contributed by atoms with van der Waals surface area (Å²) in [7, 11) is 3.09. The lowest BCUT2D eigenvalue weighted by molar-refractivity contribution is 0.102. The van der Waals surface area contributed by atoms with Gasteiger partial charge in [0.05, 0.1) is 19.9 Å². The summed E-state index contributed by atoms with van der Waals surface area (Å²) in [6, 6.07) is 16.3. The smallest absolute Gasteiger partial charge is 0.274 e. The Morgan fingerprint density at radius 3 is 2.50 bits per heavy atom. The second kappa shape index (κ2) is 7.98. The molecule has 2 N–H and O–H groups in total. The van der Waals surface area contributed by atoms with Crippen LogP contribution in [0.15, 0.2) is 60.9 Å². The number of amides is 1. The van der Waals surface area contributed by atoms with Gasteiger partial charge in [-0.05, 0) is 24.3 Å². The van der Waals surface area contributed by atoms with Crippen LogP contribution in [-0.2, 0) is 0 Å². The molecule has 0 saturated carbocycles. The average molecular weight is 350 g/mol. The van der Waals surface area contributed by atoms with E-state index in [1.807, 2.05) is 30.3 Å². The van der Waals surface area contributed by atoms with E-state index >= 15 is 0 Å². The molecule has 7 heteroatoms. The Morgan fingerprint density at radius 2 is 1.77 bits per heavy atom. The Bertz CT molecular complexity index is 900. The Balaban J connectivity index is 1.79. The highest BCUT2D eigenvalue weighted by atomic mass is 16.5. The summed E-state index contributed by atoms with van der Waals surface area (Å²) in [6.07, 6.45) is 1.34. The maximum Gasteiger partial charge on any atom is 0.274 e. The van der Waals surface area contributed by atoms with Gasteiger partial charge in [-0.1, -0.05) is 18.2 Å². The topological polar surface area (TPSA) is 85.4 Å². The lowest BCUT2D eigenvalue weighted by Gasteiger charge is -2.12. The first-order valence-corrected chi connectivity index (χ1v) is 7.87. The largest absolute Gasteiger partial charge is 0.497 e. The van der Waals surface area contributed by atoms with Crippen LogP contribution in [0, 0.1) is 0 Å². The minimum Gasteiger partial charge on any atom is -0.497 e. The summed E-state index contributed by atoms with van der Waals surface area (Å²) in [6.45, 7) is 0. The number of para-hydroxylation sites is 1. The highest BCUT2D eigenvalue weighted by Crippen LogP contribution is 2.29. The second-order valence-electron chi connectivity index (χ2n) is 5.30. The SMILES string of the molecule is COc1ccc(OC)c(NC(=O)c2cc(Nc3ccccc3)ncn2)c1. The number of rotatable bonds is 6. The lowest BCUT2D eigenvalue weighted by Crippen LogP contribution is -2.15. The summed E-state index contributed by atoms with van der Waals surface area (Å²) >= 11 is 0. The molecule has 132 valence electrons. The van der Waals surface area contributed by atoms with Crippen LogP contribution in [0.5, 0.6) is 11.5 Å². The molecular weight excluding hydrogens is 332 g/mol. The van der Waals surface area contributed by atoms with Crippen LogP contribution in [0.25, 0.3) is 0 Å². The Morgan fingerprint density at radius 1 is 0.962 bits per heavy atom. The summed E-state index contributed by atoms with van der Waals surface area (Å²) < 4.78 is 10.5. The van der Waals surface area contributed by atoms with Gasteiger partial charge in [-0.3, -0.25) is 4.79 Å². The molecule has 3 rings (SSSR count). The maximum absolute atomic E-state index is 12.6. The lowest BCUT2D eigenvalue weighted by atomic mass is 10.2. The van der Waals surface area contributed by atoms with Crippen molar-refractivity contribution in [1.29, 1.82) is 0 Å². The van der Waals surface area contributed by atoms with E-state index in [2.05, 4.69) is 20.6 Å². The number of nitrogens with zero attached hydrogens (tertiary/aromatic N) is 2. The number of hydrogen-bond acceptors (Lipinski definition) is 6. The van der Waals surface area contributed by atoms with Gasteiger partial charge in [0.1, 0.15) is 29.3 Å². The monoisotopic (exact) mass is 350 g/mol. The highest BCUT2D eigenvalue weighted by molar-refractivity contribution is 6.04. The van der Waals surface area contributed by atoms with Gasteiger partial charge in [-0.25, -0.2) is 9.97 Å². The number of anilines is 3. The normalized spacial score (nSPS) is 10.1. The molecule has 2 aromatic carbocycles. The molecule has 0 radical (unpaired) electrons. The van der Waals surface area contributed by atoms with Gasteiger partial charge in [0.2, 0.25) is 0 Å². The van der Waals surface area contributed by atoms with Crippen molar-refractivity contribution in [1.82, 2.24) is 9.97 Å². The molecular formula is C19H18N4O3. The number of benzene rings is 2. The van der Waals surface area contributed by atoms with E-state index in [4.69, 9.17) is 9.47 Å². The number of methoxy groups -OCH3 is 2. The molecule has 26 heavy (non-hydrogen) atoms. The predicted octanol–water partition coefficient (Wildman–Crippen LogP) is 3.49. The summed E-state index contributed by atoms with van der Waals surface area (Å²) in [5.74, 6) is 1.27. The van der Waals surface area contributed by atoms with Crippen molar-refractivity contribution in [2.45, 2.75) is 0 Å². The number of carbonyl (C=O) groups excluding carboxylic acids is 1. The third kappa shape index (κ3) is 4.07. The third-order valence-electron chi connectivity index (χ3n) is 3.60. The van der Waals surface area contributed by atoms with E-state index in [-0.39, 0.29) is 11.6 Å². The van der Waals surface area contributed by atoms with Gasteiger partial charge in [-0.2, -0.15) is 0 Å². The molecule has 3 aromatic rings. The number of hydrogen-bond donors (Lipinski definition) is 2. The van der Waals surface area contributed by atoms with Crippen molar-refractivity contribution in [3.05, 3.63) is 66.6 Å². The number of nitrogens with one attached hydrogen (secondary N) is 2. The van der Waals surface area contributed by atoms with Gasteiger partial charge in [-0.15, -0.1) is 0 Å². The Kier molecular flexibility index (Phi) is 5.28. The van der Waals surface area contributed by atoms with E-state index in [1.54, 1.807) is 31.4 Å². The van der Waals surface area contributed by atoms with Crippen molar-refractivity contribution in [3.8, 4) is 11.5 Å². The molecule has 0 saturated heterocycles. The van der Waals surface area contributed by atoms with E-state index in [0.717, 1.165) is 5.69 Å². The molecule has 0 spiro atoms. The van der Waals surface area contributed by atoms with E-state index in [0.29, 0.717) is 23.0 Å². The predicted molar refractivity (Wildman–Crippen MR) is 99.3 cm³/mol. The van der Waals surface area contributed by atoms with Crippen molar-refractivity contribution >= 4 is 23.1 Å². The number of ether oxygens (including phenoxy) is 2. The molecule has 1 heterocycles. The first kappa shape index (κ1) is 17.2. The van der Waals surface area contributed by atoms with Crippen molar-refractivity contribution in [3.63, 3.8) is 0 Å². The third-order valence-corrected chi connectivity index (χ3v) is 3.60. The van der Waals surface area contributed by atoms with Gasteiger partial charge in [0, 0.05) is 17.8 Å². The zero-order chi connectivity index (χ0) is 18.4. The molecule has 0 aliphatic rings. The van der Waals surface area contributed by atoms with E-state index < -0.39 is 0 Å². The van der Waals surface area contributed by atoms with Crippen molar-refractivity contribution in [2.24, 2.45) is 0 Å². The highest BCUT2D eigenvalue weighted by Gasteiger charge is 2.13. The van der Waals surface area contributed by atoms with Gasteiger partial charge >= 0.3 is 0 Å². The number of carbonyl (C=O) groups is 1. The average Bonchev–Trinajstić information content (AvgIpc) is 2.69. The van der Waals surface area contributed by atoms with E-state index in [1.165, 1.54) is 13.4 Å². The Hall–Kier alpha value is -3.61. The summed E-state index contributed by atoms with van der Waals surface area (Å²) in [4.78, 5) is 20.7. The summed E-state index contributed by atoms with van der Waals surface area (Å²) in [5.41, 5.74) is 1.59. The fourth-order valence-corrected chi connectivity index (χ4v) is 2.32. The van der Waals surface area contributed by atoms with Crippen molar-refractivity contribution in [2.75, 3.05) is 24.9 Å². The molecule has 0 unspecified atom stereocenters. The fraction of sp³-hybridized carbons (Fsp3) is 0.105. The van der Waals surface area contributed by atoms with Crippen LogP contribution in [-0.4, -0.2) is 30.1 Å². The molecule has 0 aliphatic heterocycles. The molecule has 0 bridgehead atoms. The molecule has 1 aromatic heterocycles. The first-order valence-electron chi connectivity index (χ1n) is 7.87. The molecule has 0 atom stereocenters. The van der Waals surface area contributed by atoms with Gasteiger partial charge in [0.15, 0.2) is 0 Å². The molecule has 1 amide bonds. The first-order chi connectivity index (χ1) is 12.7.